The summed E-state index contributed by atoms with van der Waals surface area (Å²) in [5, 5.41) is 9.20. The number of carbonyl (C=O) groups is 1. The molecule has 1 N–H and O–H groups in total. The molecule has 0 aromatic rings. The van der Waals surface area contributed by atoms with Crippen LogP contribution < -0.4 is 0 Å². The van der Waals surface area contributed by atoms with Gasteiger partial charge in [-0.2, -0.15) is 0 Å². The van der Waals surface area contributed by atoms with E-state index in [1.807, 2.05) is 0 Å². The SMILES string of the molecule is CC1CN(CC2CCC3(CCCCC3)O2)CC1C(=O)O. The molecule has 2 saturated heterocycles. The van der Waals surface area contributed by atoms with Gasteiger partial charge in [-0.25, -0.2) is 0 Å². The summed E-state index contributed by atoms with van der Waals surface area (Å²) in [6, 6.07) is 0. The van der Waals surface area contributed by atoms with Crippen molar-refractivity contribution in [3.8, 4) is 0 Å². The van der Waals surface area contributed by atoms with Crippen LogP contribution in [0.1, 0.15) is 51.9 Å². The third-order valence-corrected chi connectivity index (χ3v) is 5.57. The van der Waals surface area contributed by atoms with Crippen molar-refractivity contribution in [3.05, 3.63) is 0 Å². The second-order valence-corrected chi connectivity index (χ2v) is 7.16. The average molecular weight is 281 g/mol. The number of ether oxygens (including phenoxy) is 1. The highest BCUT2D eigenvalue weighted by Crippen LogP contribution is 2.42. The van der Waals surface area contributed by atoms with Crippen LogP contribution in [0.2, 0.25) is 0 Å². The summed E-state index contributed by atoms with van der Waals surface area (Å²) in [4.78, 5) is 13.5. The fourth-order valence-corrected chi connectivity index (χ4v) is 4.41. The maximum atomic E-state index is 11.2. The number of nitrogens with zero attached hydrogens (tertiary/aromatic N) is 1. The fraction of sp³-hybridized carbons (Fsp3) is 0.938. The van der Waals surface area contributed by atoms with Crippen LogP contribution in [0.5, 0.6) is 0 Å². The van der Waals surface area contributed by atoms with Crippen LogP contribution in [0.4, 0.5) is 0 Å². The number of carboxylic acids is 1. The lowest BCUT2D eigenvalue weighted by molar-refractivity contribution is -0.142. The second-order valence-electron chi connectivity index (χ2n) is 7.16. The normalized spacial score (nSPS) is 37.5. The molecule has 1 aliphatic carbocycles. The quantitative estimate of drug-likeness (QED) is 0.863. The van der Waals surface area contributed by atoms with Gasteiger partial charge < -0.3 is 9.84 Å². The summed E-state index contributed by atoms with van der Waals surface area (Å²) in [7, 11) is 0. The predicted octanol–water partition coefficient (Wildman–Crippen LogP) is 2.52. The minimum absolute atomic E-state index is 0.181. The Labute approximate surface area is 121 Å². The topological polar surface area (TPSA) is 49.8 Å². The van der Waals surface area contributed by atoms with Crippen LogP contribution in [0.15, 0.2) is 0 Å². The summed E-state index contributed by atoms with van der Waals surface area (Å²) < 4.78 is 6.39. The van der Waals surface area contributed by atoms with Gasteiger partial charge in [0.05, 0.1) is 17.6 Å². The van der Waals surface area contributed by atoms with E-state index >= 15 is 0 Å². The Kier molecular flexibility index (Phi) is 4.04. The van der Waals surface area contributed by atoms with Gasteiger partial charge in [0.2, 0.25) is 0 Å². The Hall–Kier alpha value is -0.610. The summed E-state index contributed by atoms with van der Waals surface area (Å²) in [6.45, 7) is 4.58. The van der Waals surface area contributed by atoms with Crippen LogP contribution in [0.25, 0.3) is 0 Å². The Morgan fingerprint density at radius 3 is 2.65 bits per heavy atom. The third kappa shape index (κ3) is 2.86. The molecule has 2 heterocycles. The van der Waals surface area contributed by atoms with Crippen LogP contribution >= 0.6 is 0 Å². The number of carboxylic acid groups (broad SMARTS) is 1. The Bertz CT molecular complexity index is 365. The monoisotopic (exact) mass is 281 g/mol. The lowest BCUT2D eigenvalue weighted by Crippen LogP contribution is -2.36. The van der Waals surface area contributed by atoms with Gasteiger partial charge in [0.25, 0.3) is 0 Å². The third-order valence-electron chi connectivity index (χ3n) is 5.57. The van der Waals surface area contributed by atoms with Gasteiger partial charge in [0.1, 0.15) is 0 Å². The molecule has 1 saturated carbocycles. The number of hydrogen-bond donors (Lipinski definition) is 1. The largest absolute Gasteiger partial charge is 0.481 e. The Morgan fingerprint density at radius 2 is 2.00 bits per heavy atom. The lowest BCUT2D eigenvalue weighted by Gasteiger charge is -2.34. The Balaban J connectivity index is 1.51. The first-order valence-electron chi connectivity index (χ1n) is 8.21. The highest BCUT2D eigenvalue weighted by atomic mass is 16.5. The first-order chi connectivity index (χ1) is 9.58. The van der Waals surface area contributed by atoms with E-state index in [1.165, 1.54) is 38.5 Å². The molecular formula is C16H27NO3. The number of rotatable bonds is 3. The molecule has 3 atom stereocenters. The highest BCUT2D eigenvalue weighted by molar-refractivity contribution is 5.71. The zero-order valence-corrected chi connectivity index (χ0v) is 12.5. The number of likely N-dealkylation sites (tertiary alicyclic amines) is 1. The predicted molar refractivity (Wildman–Crippen MR) is 76.7 cm³/mol. The molecule has 3 unspecified atom stereocenters. The van der Waals surface area contributed by atoms with E-state index in [0.717, 1.165) is 19.5 Å². The van der Waals surface area contributed by atoms with E-state index in [2.05, 4.69) is 11.8 Å². The molecule has 0 amide bonds. The van der Waals surface area contributed by atoms with Crippen LogP contribution in [0.3, 0.4) is 0 Å². The zero-order chi connectivity index (χ0) is 14.2. The first-order valence-corrected chi connectivity index (χ1v) is 8.21. The molecule has 4 nitrogen and oxygen atoms in total. The maximum absolute atomic E-state index is 11.2. The van der Waals surface area contributed by atoms with Gasteiger partial charge in [0, 0.05) is 19.6 Å². The molecule has 0 aromatic heterocycles. The molecule has 0 radical (unpaired) electrons. The molecular weight excluding hydrogens is 254 g/mol. The second kappa shape index (κ2) is 5.64. The molecule has 3 fully saturated rings. The summed E-state index contributed by atoms with van der Waals surface area (Å²) >= 11 is 0. The van der Waals surface area contributed by atoms with Crippen molar-refractivity contribution in [1.82, 2.24) is 4.90 Å². The molecule has 3 rings (SSSR count). The van der Waals surface area contributed by atoms with Gasteiger partial charge in [-0.3, -0.25) is 9.69 Å². The van der Waals surface area contributed by atoms with Crippen LogP contribution in [0, 0.1) is 11.8 Å². The molecule has 4 heteroatoms. The van der Waals surface area contributed by atoms with Crippen molar-refractivity contribution in [2.75, 3.05) is 19.6 Å². The van der Waals surface area contributed by atoms with Gasteiger partial charge in [-0.1, -0.05) is 26.2 Å². The van der Waals surface area contributed by atoms with E-state index in [9.17, 15) is 9.90 Å². The molecule has 1 spiro atoms. The van der Waals surface area contributed by atoms with Crippen molar-refractivity contribution >= 4 is 5.97 Å². The zero-order valence-electron chi connectivity index (χ0n) is 12.5. The molecule has 114 valence electrons. The average Bonchev–Trinajstić information content (AvgIpc) is 2.96. The van der Waals surface area contributed by atoms with Crippen molar-refractivity contribution < 1.29 is 14.6 Å². The van der Waals surface area contributed by atoms with E-state index in [0.29, 0.717) is 12.6 Å². The molecule has 3 aliphatic rings. The minimum atomic E-state index is -0.643. The van der Waals surface area contributed by atoms with Crippen molar-refractivity contribution in [1.29, 1.82) is 0 Å². The minimum Gasteiger partial charge on any atom is -0.481 e. The van der Waals surface area contributed by atoms with Crippen molar-refractivity contribution in [3.63, 3.8) is 0 Å². The van der Waals surface area contributed by atoms with Gasteiger partial charge >= 0.3 is 5.97 Å². The lowest BCUT2D eigenvalue weighted by atomic mass is 9.83. The smallest absolute Gasteiger partial charge is 0.308 e. The van der Waals surface area contributed by atoms with Crippen LogP contribution in [-0.4, -0.2) is 47.3 Å². The fourth-order valence-electron chi connectivity index (χ4n) is 4.41. The number of hydrogen-bond acceptors (Lipinski definition) is 3. The standard InChI is InChI=1S/C16H27NO3/c1-12-9-17(11-14(12)15(18)19)10-13-5-8-16(20-13)6-3-2-4-7-16/h12-14H,2-11H2,1H3,(H,18,19). The van der Waals surface area contributed by atoms with Gasteiger partial charge in [-0.05, 0) is 31.6 Å². The highest BCUT2D eigenvalue weighted by Gasteiger charge is 2.42. The molecule has 0 bridgehead atoms. The van der Waals surface area contributed by atoms with E-state index in [4.69, 9.17) is 4.74 Å². The summed E-state index contributed by atoms with van der Waals surface area (Å²) in [5.74, 6) is -0.575. The Morgan fingerprint density at radius 1 is 1.25 bits per heavy atom. The van der Waals surface area contributed by atoms with Crippen molar-refractivity contribution in [2.45, 2.75) is 63.6 Å². The van der Waals surface area contributed by atoms with Gasteiger partial charge in [-0.15, -0.1) is 0 Å². The molecule has 2 aliphatic heterocycles. The van der Waals surface area contributed by atoms with Gasteiger partial charge in [0.15, 0.2) is 0 Å². The molecule has 0 aromatic carbocycles. The maximum Gasteiger partial charge on any atom is 0.308 e. The van der Waals surface area contributed by atoms with Crippen LogP contribution in [-0.2, 0) is 9.53 Å². The number of aliphatic carboxylic acids is 1. The summed E-state index contributed by atoms with van der Waals surface area (Å²) in [6.07, 6.45) is 9.15. The van der Waals surface area contributed by atoms with E-state index in [-0.39, 0.29) is 17.4 Å². The van der Waals surface area contributed by atoms with E-state index < -0.39 is 5.97 Å². The van der Waals surface area contributed by atoms with E-state index in [1.54, 1.807) is 0 Å². The molecule has 20 heavy (non-hydrogen) atoms. The van der Waals surface area contributed by atoms with Crippen molar-refractivity contribution in [2.24, 2.45) is 11.8 Å². The first kappa shape index (κ1) is 14.3. The summed E-state index contributed by atoms with van der Waals surface area (Å²) in [5.41, 5.74) is 0.181.